The molecule has 1 aliphatic heterocycles. The molecule has 0 amide bonds. The fraction of sp³-hybridized carbons (Fsp3) is 0.333. The molecule has 2 aromatic rings. The molecule has 0 radical (unpaired) electrons. The molecule has 5 nitrogen and oxygen atoms in total. The zero-order valence-corrected chi connectivity index (χ0v) is 15.7. The fourth-order valence-corrected chi connectivity index (χ4v) is 3.16. The van der Waals surface area contributed by atoms with Crippen LogP contribution in [-0.4, -0.2) is 32.5 Å². The topological polar surface area (TPSA) is 72.6 Å². The molecule has 0 aliphatic carbocycles. The van der Waals surface area contributed by atoms with Gasteiger partial charge in [0, 0.05) is 24.8 Å². The summed E-state index contributed by atoms with van der Waals surface area (Å²) in [6.07, 6.45) is 1.70. The Bertz CT molecular complexity index is 771. The van der Waals surface area contributed by atoms with Gasteiger partial charge in [0.05, 0.1) is 12.7 Å². The summed E-state index contributed by atoms with van der Waals surface area (Å²) >= 11 is 0. The number of fused-ring (bicyclic) bond motifs is 1. The molecule has 0 unspecified atom stereocenters. The van der Waals surface area contributed by atoms with E-state index < -0.39 is 0 Å². The molecule has 26 heavy (non-hydrogen) atoms. The minimum Gasteiger partial charge on any atom is -0.465 e. The van der Waals surface area contributed by atoms with Crippen LogP contribution >= 0.6 is 0 Å². The zero-order valence-electron chi connectivity index (χ0n) is 15.7. The molecule has 1 aliphatic rings. The molecule has 138 valence electrons. The van der Waals surface area contributed by atoms with E-state index in [1.807, 2.05) is 12.1 Å². The van der Waals surface area contributed by atoms with E-state index in [1.165, 1.54) is 25.3 Å². The molecule has 0 saturated carbocycles. The van der Waals surface area contributed by atoms with Crippen LogP contribution in [0.1, 0.15) is 42.2 Å². The lowest BCUT2D eigenvalue weighted by molar-refractivity contribution is -0.106. The number of carbonyl (C=O) groups excluding carboxylic acids is 2. The number of ether oxygens (including phenoxy) is 1. The first kappa shape index (κ1) is 19.7. The Morgan fingerprint density at radius 1 is 1.19 bits per heavy atom. The summed E-state index contributed by atoms with van der Waals surface area (Å²) < 4.78 is 4.73. The summed E-state index contributed by atoms with van der Waals surface area (Å²) in [6.45, 7) is 3.64. The summed E-state index contributed by atoms with van der Waals surface area (Å²) in [7, 11) is 3.50. The second kappa shape index (κ2) is 8.63. The molecular formula is C21H26N2O3. The maximum Gasteiger partial charge on any atom is 0.337 e. The Labute approximate surface area is 154 Å². The first-order chi connectivity index (χ1) is 12.4. The molecule has 0 fully saturated rings. The number of benzene rings is 2. The predicted molar refractivity (Wildman–Crippen MR) is 104 cm³/mol. The molecule has 2 N–H and O–H groups in total. The van der Waals surface area contributed by atoms with Crippen LogP contribution in [0.2, 0.25) is 0 Å². The smallest absolute Gasteiger partial charge is 0.337 e. The first-order valence-electron chi connectivity index (χ1n) is 8.63. The molecule has 0 aromatic heterocycles. The largest absolute Gasteiger partial charge is 0.465 e. The average Bonchev–Trinajstić information content (AvgIpc) is 2.66. The number of hydrogen-bond donors (Lipinski definition) is 1. The van der Waals surface area contributed by atoms with Crippen molar-refractivity contribution in [2.75, 3.05) is 19.1 Å². The number of aldehydes is 1. The van der Waals surface area contributed by atoms with Gasteiger partial charge in [-0.1, -0.05) is 18.2 Å². The molecule has 5 heteroatoms. The number of rotatable bonds is 2. The Morgan fingerprint density at radius 2 is 1.77 bits per heavy atom. The standard InChI is InChI=1S/C19H22N2O2.C2H4O/c1-12-10-17(20)16-11-15(8-9-18(16)21(12)2)13-4-6-14(7-5-13)19(22)23-3;1-2-3/h4-9,11-12,17H,10,20H2,1-3H3;2H,1H3/t12-,17+;/m0./s1. The van der Waals surface area contributed by atoms with E-state index >= 15 is 0 Å². The van der Waals surface area contributed by atoms with Gasteiger partial charge in [0.1, 0.15) is 6.29 Å². The Kier molecular flexibility index (Phi) is 6.52. The van der Waals surface area contributed by atoms with E-state index in [-0.39, 0.29) is 12.0 Å². The second-order valence-electron chi connectivity index (χ2n) is 6.38. The van der Waals surface area contributed by atoms with Crippen LogP contribution in [0.5, 0.6) is 0 Å². The van der Waals surface area contributed by atoms with Crippen molar-refractivity contribution >= 4 is 17.9 Å². The summed E-state index contributed by atoms with van der Waals surface area (Å²) in [6, 6.07) is 14.4. The second-order valence-corrected chi connectivity index (χ2v) is 6.38. The Morgan fingerprint density at radius 3 is 2.35 bits per heavy atom. The lowest BCUT2D eigenvalue weighted by atomic mass is 9.90. The van der Waals surface area contributed by atoms with E-state index in [4.69, 9.17) is 15.3 Å². The molecule has 3 rings (SSSR count). The summed E-state index contributed by atoms with van der Waals surface area (Å²) in [5.74, 6) is -0.320. The zero-order chi connectivity index (χ0) is 19.3. The van der Waals surface area contributed by atoms with Crippen LogP contribution in [-0.2, 0) is 9.53 Å². The fourth-order valence-electron chi connectivity index (χ4n) is 3.16. The maximum atomic E-state index is 11.5. The normalized spacial score (nSPS) is 18.3. The van der Waals surface area contributed by atoms with Crippen molar-refractivity contribution in [1.82, 2.24) is 0 Å². The SMILES string of the molecule is CC=O.COC(=O)c1ccc(-c2ccc3c(c2)[C@H](N)C[C@H](C)N3C)cc1. The van der Waals surface area contributed by atoms with Crippen LogP contribution in [0.25, 0.3) is 11.1 Å². The van der Waals surface area contributed by atoms with Gasteiger partial charge < -0.3 is 20.2 Å². The third-order valence-electron chi connectivity index (χ3n) is 4.70. The van der Waals surface area contributed by atoms with E-state index in [9.17, 15) is 4.79 Å². The molecule has 0 bridgehead atoms. The highest BCUT2D eigenvalue weighted by Gasteiger charge is 2.25. The molecule has 0 spiro atoms. The van der Waals surface area contributed by atoms with Crippen molar-refractivity contribution in [3.8, 4) is 11.1 Å². The van der Waals surface area contributed by atoms with E-state index in [1.54, 1.807) is 12.1 Å². The van der Waals surface area contributed by atoms with Crippen molar-refractivity contribution in [1.29, 1.82) is 0 Å². The minimum absolute atomic E-state index is 0.0606. The van der Waals surface area contributed by atoms with Gasteiger partial charge >= 0.3 is 5.97 Å². The Hall–Kier alpha value is -2.66. The summed E-state index contributed by atoms with van der Waals surface area (Å²) in [5.41, 5.74) is 11.4. The third kappa shape index (κ3) is 4.11. The quantitative estimate of drug-likeness (QED) is 0.659. The van der Waals surface area contributed by atoms with Crippen molar-refractivity contribution in [3.05, 3.63) is 53.6 Å². The van der Waals surface area contributed by atoms with Crippen LogP contribution in [0, 0.1) is 0 Å². The number of methoxy groups -OCH3 is 1. The number of carbonyl (C=O) groups is 2. The monoisotopic (exact) mass is 354 g/mol. The molecular weight excluding hydrogens is 328 g/mol. The number of esters is 1. The van der Waals surface area contributed by atoms with Gasteiger partial charge in [-0.05, 0) is 61.2 Å². The van der Waals surface area contributed by atoms with E-state index in [0.717, 1.165) is 23.8 Å². The predicted octanol–water partition coefficient (Wildman–Crippen LogP) is 3.57. The van der Waals surface area contributed by atoms with Crippen molar-refractivity contribution in [2.24, 2.45) is 5.73 Å². The first-order valence-corrected chi connectivity index (χ1v) is 8.63. The third-order valence-corrected chi connectivity index (χ3v) is 4.70. The van der Waals surface area contributed by atoms with Crippen molar-refractivity contribution in [2.45, 2.75) is 32.4 Å². The van der Waals surface area contributed by atoms with Gasteiger partial charge in [-0.2, -0.15) is 0 Å². The highest BCUT2D eigenvalue weighted by Crippen LogP contribution is 2.37. The van der Waals surface area contributed by atoms with Crippen LogP contribution in [0.4, 0.5) is 5.69 Å². The average molecular weight is 354 g/mol. The molecule has 1 heterocycles. The molecule has 0 saturated heterocycles. The van der Waals surface area contributed by atoms with Crippen LogP contribution < -0.4 is 10.6 Å². The summed E-state index contributed by atoms with van der Waals surface area (Å²) in [5, 5.41) is 0. The minimum atomic E-state index is -0.320. The van der Waals surface area contributed by atoms with Crippen LogP contribution in [0.3, 0.4) is 0 Å². The van der Waals surface area contributed by atoms with E-state index in [0.29, 0.717) is 11.6 Å². The van der Waals surface area contributed by atoms with E-state index in [2.05, 4.69) is 37.1 Å². The highest BCUT2D eigenvalue weighted by atomic mass is 16.5. The Balaban J connectivity index is 0.000000758. The summed E-state index contributed by atoms with van der Waals surface area (Å²) in [4.78, 5) is 22.6. The lowest BCUT2D eigenvalue weighted by Crippen LogP contribution is -2.37. The maximum absolute atomic E-state index is 11.5. The number of anilines is 1. The van der Waals surface area contributed by atoms with Gasteiger partial charge in [-0.15, -0.1) is 0 Å². The number of hydrogen-bond acceptors (Lipinski definition) is 5. The van der Waals surface area contributed by atoms with Crippen molar-refractivity contribution < 1.29 is 14.3 Å². The molecule has 2 aromatic carbocycles. The number of nitrogens with zero attached hydrogens (tertiary/aromatic N) is 1. The lowest BCUT2D eigenvalue weighted by Gasteiger charge is -2.37. The van der Waals surface area contributed by atoms with Gasteiger partial charge in [0.25, 0.3) is 0 Å². The highest BCUT2D eigenvalue weighted by molar-refractivity contribution is 5.90. The number of nitrogens with two attached hydrogens (primary N) is 1. The van der Waals surface area contributed by atoms with Gasteiger partial charge in [-0.3, -0.25) is 0 Å². The van der Waals surface area contributed by atoms with Crippen LogP contribution in [0.15, 0.2) is 42.5 Å². The van der Waals surface area contributed by atoms with Crippen molar-refractivity contribution in [3.63, 3.8) is 0 Å². The molecule has 2 atom stereocenters. The van der Waals surface area contributed by atoms with Gasteiger partial charge in [0.15, 0.2) is 0 Å². The van der Waals surface area contributed by atoms with Gasteiger partial charge in [-0.25, -0.2) is 4.79 Å². The van der Waals surface area contributed by atoms with Gasteiger partial charge in [0.2, 0.25) is 0 Å².